The molecule has 114 valence electrons. The number of hydrogen-bond donors (Lipinski definition) is 2. The Morgan fingerprint density at radius 1 is 1.43 bits per heavy atom. The summed E-state index contributed by atoms with van der Waals surface area (Å²) >= 11 is 1.44. The van der Waals surface area contributed by atoms with Crippen LogP contribution >= 0.6 is 11.3 Å². The van der Waals surface area contributed by atoms with Gasteiger partial charge in [-0.05, 0) is 43.8 Å². The van der Waals surface area contributed by atoms with Crippen LogP contribution in [0.5, 0.6) is 0 Å². The molecule has 3 rings (SSSR count). The summed E-state index contributed by atoms with van der Waals surface area (Å²) in [7, 11) is 0. The number of nitrogen functional groups attached to an aromatic ring is 1. The van der Waals surface area contributed by atoms with Crippen LogP contribution in [-0.4, -0.2) is 18.6 Å². The molecule has 1 atom stereocenters. The van der Waals surface area contributed by atoms with Crippen LogP contribution in [0.2, 0.25) is 0 Å². The summed E-state index contributed by atoms with van der Waals surface area (Å²) in [5.74, 6) is -0.302. The van der Waals surface area contributed by atoms with Crippen molar-refractivity contribution < 1.29 is 9.53 Å². The van der Waals surface area contributed by atoms with Gasteiger partial charge in [0.1, 0.15) is 4.88 Å². The molecule has 1 aliphatic heterocycles. The monoisotopic (exact) mass is 306 g/mol. The van der Waals surface area contributed by atoms with Crippen LogP contribution in [-0.2, 0) is 4.74 Å². The zero-order valence-corrected chi connectivity index (χ0v) is 13.4. The quantitative estimate of drug-likeness (QED) is 0.824. The third-order valence-electron chi connectivity index (χ3n) is 4.27. The first-order valence-corrected chi connectivity index (χ1v) is 8.57. The third-order valence-corrected chi connectivity index (χ3v) is 5.39. The van der Waals surface area contributed by atoms with E-state index >= 15 is 0 Å². The van der Waals surface area contributed by atoms with Crippen molar-refractivity contribution in [3.05, 3.63) is 16.0 Å². The molecule has 21 heavy (non-hydrogen) atoms. The molecule has 2 heterocycles. The number of carbonyl (C=O) groups is 1. The highest BCUT2D eigenvalue weighted by molar-refractivity contribution is 7.19. The van der Waals surface area contributed by atoms with Crippen molar-refractivity contribution in [3.8, 4) is 0 Å². The maximum absolute atomic E-state index is 12.0. The molecule has 0 spiro atoms. The molecule has 1 aromatic rings. The molecule has 0 saturated carbocycles. The lowest BCUT2D eigenvalue weighted by atomic mass is 9.91. The van der Waals surface area contributed by atoms with Gasteiger partial charge in [-0.15, -0.1) is 11.3 Å². The van der Waals surface area contributed by atoms with E-state index in [1.807, 2.05) is 6.92 Å². The average molecular weight is 306 g/mol. The standard InChI is InChI=1S/C16H22N2O2S/c1-3-6-11-9-7-5-8-10(9)12-13(17)14(16(19)20-4-2)21-15(12)18-11/h11,18H,3-8,17H2,1-2H3. The lowest BCUT2D eigenvalue weighted by Gasteiger charge is -2.27. The van der Waals surface area contributed by atoms with E-state index in [4.69, 9.17) is 10.5 Å². The van der Waals surface area contributed by atoms with Crippen LogP contribution in [0.15, 0.2) is 5.57 Å². The molecular formula is C16H22N2O2S. The Bertz CT molecular complexity index is 604. The Morgan fingerprint density at radius 2 is 2.24 bits per heavy atom. The number of esters is 1. The molecule has 0 saturated heterocycles. The van der Waals surface area contributed by atoms with Crippen LogP contribution in [0.25, 0.3) is 5.57 Å². The second kappa shape index (κ2) is 5.72. The molecule has 0 aromatic carbocycles. The molecule has 0 radical (unpaired) electrons. The molecule has 0 fully saturated rings. The van der Waals surface area contributed by atoms with Gasteiger partial charge in [0.2, 0.25) is 0 Å². The average Bonchev–Trinajstić information content (AvgIpc) is 3.04. The maximum atomic E-state index is 12.0. The number of ether oxygens (including phenoxy) is 1. The predicted molar refractivity (Wildman–Crippen MR) is 87.8 cm³/mol. The van der Waals surface area contributed by atoms with Crippen LogP contribution in [0, 0.1) is 0 Å². The van der Waals surface area contributed by atoms with Gasteiger partial charge in [-0.1, -0.05) is 13.3 Å². The van der Waals surface area contributed by atoms with Gasteiger partial charge in [0.15, 0.2) is 0 Å². The smallest absolute Gasteiger partial charge is 0.350 e. The summed E-state index contributed by atoms with van der Waals surface area (Å²) < 4.78 is 5.12. The number of nitrogens with one attached hydrogen (secondary N) is 1. The predicted octanol–water partition coefficient (Wildman–Crippen LogP) is 4.04. The highest BCUT2D eigenvalue weighted by Crippen LogP contribution is 2.50. The Labute approximate surface area is 129 Å². The van der Waals surface area contributed by atoms with E-state index in [0.717, 1.165) is 36.2 Å². The third kappa shape index (κ3) is 2.33. The zero-order valence-electron chi connectivity index (χ0n) is 12.6. The van der Waals surface area contributed by atoms with Gasteiger partial charge < -0.3 is 15.8 Å². The summed E-state index contributed by atoms with van der Waals surface area (Å²) in [5, 5.41) is 4.65. The van der Waals surface area contributed by atoms with E-state index in [0.29, 0.717) is 23.2 Å². The van der Waals surface area contributed by atoms with Gasteiger partial charge in [0, 0.05) is 11.6 Å². The summed E-state index contributed by atoms with van der Waals surface area (Å²) in [6, 6.07) is 0.410. The molecule has 1 aromatic heterocycles. The minimum atomic E-state index is -0.302. The van der Waals surface area contributed by atoms with Gasteiger partial charge in [-0.25, -0.2) is 4.79 Å². The topological polar surface area (TPSA) is 64.3 Å². The van der Waals surface area contributed by atoms with Gasteiger partial charge in [0.25, 0.3) is 0 Å². The number of hydrogen-bond acceptors (Lipinski definition) is 5. The first-order chi connectivity index (χ1) is 10.2. The lowest BCUT2D eigenvalue weighted by molar-refractivity contribution is 0.0533. The van der Waals surface area contributed by atoms with Crippen LogP contribution in [0.3, 0.4) is 0 Å². The minimum absolute atomic E-state index is 0.302. The van der Waals surface area contributed by atoms with Crippen molar-refractivity contribution in [1.29, 1.82) is 0 Å². The van der Waals surface area contributed by atoms with Crippen LogP contribution in [0.1, 0.15) is 61.2 Å². The van der Waals surface area contributed by atoms with Gasteiger partial charge in [0.05, 0.1) is 17.3 Å². The Morgan fingerprint density at radius 3 is 2.95 bits per heavy atom. The molecule has 1 unspecified atom stereocenters. The second-order valence-corrected chi connectivity index (χ2v) is 6.63. The molecule has 3 N–H and O–H groups in total. The number of anilines is 2. The van der Waals surface area contributed by atoms with Gasteiger partial charge >= 0.3 is 5.97 Å². The van der Waals surface area contributed by atoms with E-state index < -0.39 is 0 Å². The van der Waals surface area contributed by atoms with Gasteiger partial charge in [-0.2, -0.15) is 0 Å². The normalized spacial score (nSPS) is 20.0. The minimum Gasteiger partial charge on any atom is -0.462 e. The van der Waals surface area contributed by atoms with E-state index in [9.17, 15) is 4.79 Å². The first-order valence-electron chi connectivity index (χ1n) is 7.75. The van der Waals surface area contributed by atoms with Crippen molar-refractivity contribution >= 4 is 33.6 Å². The molecule has 2 aliphatic rings. The second-order valence-electron chi connectivity index (χ2n) is 5.61. The van der Waals surface area contributed by atoms with Crippen molar-refractivity contribution in [2.45, 2.75) is 52.0 Å². The summed E-state index contributed by atoms with van der Waals surface area (Å²) in [4.78, 5) is 12.6. The highest BCUT2D eigenvalue weighted by Gasteiger charge is 2.34. The van der Waals surface area contributed by atoms with Crippen molar-refractivity contribution in [3.63, 3.8) is 0 Å². The van der Waals surface area contributed by atoms with Crippen LogP contribution in [0.4, 0.5) is 10.7 Å². The first kappa shape index (κ1) is 14.4. The van der Waals surface area contributed by atoms with Crippen molar-refractivity contribution in [2.24, 2.45) is 0 Å². The largest absolute Gasteiger partial charge is 0.462 e. The summed E-state index contributed by atoms with van der Waals surface area (Å²) in [6.07, 6.45) is 5.69. The Kier molecular flexibility index (Phi) is 3.93. The fraction of sp³-hybridized carbons (Fsp3) is 0.562. The molecule has 4 nitrogen and oxygen atoms in total. The highest BCUT2D eigenvalue weighted by atomic mass is 32.1. The Hall–Kier alpha value is -1.49. The fourth-order valence-corrected chi connectivity index (χ4v) is 4.51. The number of nitrogens with two attached hydrogens (primary N) is 1. The maximum Gasteiger partial charge on any atom is 0.350 e. The summed E-state index contributed by atoms with van der Waals surface area (Å²) in [5.41, 5.74) is 10.8. The lowest BCUT2D eigenvalue weighted by Crippen LogP contribution is -2.24. The molecule has 0 amide bonds. The van der Waals surface area contributed by atoms with Crippen molar-refractivity contribution in [2.75, 3.05) is 17.7 Å². The summed E-state index contributed by atoms with van der Waals surface area (Å²) in [6.45, 7) is 4.40. The van der Waals surface area contributed by atoms with E-state index in [2.05, 4.69) is 12.2 Å². The molecule has 1 aliphatic carbocycles. The molecule has 5 heteroatoms. The SMILES string of the molecule is CCCC1Nc2sc(C(=O)OCC)c(N)c2C2=C1CCC2. The number of carbonyl (C=O) groups excluding carboxylic acids is 1. The van der Waals surface area contributed by atoms with E-state index in [1.54, 1.807) is 0 Å². The number of rotatable bonds is 4. The van der Waals surface area contributed by atoms with Crippen molar-refractivity contribution in [1.82, 2.24) is 0 Å². The number of thiophene rings is 1. The Balaban J connectivity index is 2.03. The van der Waals surface area contributed by atoms with E-state index in [1.165, 1.54) is 28.9 Å². The number of fused-ring (bicyclic) bond motifs is 2. The van der Waals surface area contributed by atoms with Gasteiger partial charge in [-0.3, -0.25) is 0 Å². The zero-order chi connectivity index (χ0) is 15.0. The fourth-order valence-electron chi connectivity index (χ4n) is 3.41. The van der Waals surface area contributed by atoms with Crippen LogP contribution < -0.4 is 11.1 Å². The van der Waals surface area contributed by atoms with E-state index in [-0.39, 0.29) is 5.97 Å². The molecular weight excluding hydrogens is 284 g/mol. The number of allylic oxidation sites excluding steroid dienone is 1. The molecule has 0 bridgehead atoms.